The molecule has 0 aliphatic carbocycles. The molecule has 0 saturated carbocycles. The third kappa shape index (κ3) is 3.99. The van der Waals surface area contributed by atoms with Gasteiger partial charge in [-0.25, -0.2) is 4.39 Å². The lowest BCUT2D eigenvalue weighted by atomic mass is 10.0. The summed E-state index contributed by atoms with van der Waals surface area (Å²) in [5.74, 6) is -5.15. The number of hydrogen-bond donors (Lipinski definition) is 0. The van der Waals surface area contributed by atoms with Crippen LogP contribution in [0.25, 0.3) is 0 Å². The normalized spacial score (nSPS) is 14.7. The van der Waals surface area contributed by atoms with Gasteiger partial charge in [-0.05, 0) is 33.8 Å². The Balaban J connectivity index is 3.31. The summed E-state index contributed by atoms with van der Waals surface area (Å²) in [6, 6.07) is 4.06. The minimum absolute atomic E-state index is 0.0383. The number of rotatable bonds is 3. The van der Waals surface area contributed by atoms with Crippen LogP contribution in [0.2, 0.25) is 0 Å². The molecule has 21 heavy (non-hydrogen) atoms. The zero-order valence-electron chi connectivity index (χ0n) is 12.1. The van der Waals surface area contributed by atoms with Crippen LogP contribution in [0.4, 0.5) is 13.2 Å². The number of halogens is 3. The van der Waals surface area contributed by atoms with Gasteiger partial charge in [0, 0.05) is 5.56 Å². The highest BCUT2D eigenvalue weighted by Gasteiger charge is 2.36. The van der Waals surface area contributed by atoms with Crippen molar-refractivity contribution in [1.82, 2.24) is 0 Å². The molecule has 1 unspecified atom stereocenters. The van der Waals surface area contributed by atoms with Gasteiger partial charge in [-0.3, -0.25) is 0 Å². The van der Waals surface area contributed by atoms with E-state index in [9.17, 15) is 17.7 Å². The molecule has 114 valence electrons. The maximum atomic E-state index is 14.1. The molecule has 0 aliphatic rings. The Morgan fingerprint density at radius 1 is 1.33 bits per heavy atom. The zero-order chi connectivity index (χ0) is 16.4. The molecule has 0 amide bonds. The standard InChI is InChI=1S/C14H15F3N2OS/c1-9(19-21(20)13(2,3)4)10-6-5-7-11(12(10)15)14(16,17)8-18/h5-7H,1-4H3/b19-9-. The predicted molar refractivity (Wildman–Crippen MR) is 76.0 cm³/mol. The fourth-order valence-electron chi connectivity index (χ4n) is 1.42. The number of nitriles is 1. The SMILES string of the molecule is C/C(=N/[S+]([O-])C(C)(C)C)c1cccc(C(F)(F)C#N)c1F. The van der Waals surface area contributed by atoms with Crippen molar-refractivity contribution < 1.29 is 17.7 Å². The average molecular weight is 316 g/mol. The molecule has 0 fully saturated rings. The lowest BCUT2D eigenvalue weighted by Crippen LogP contribution is -2.27. The van der Waals surface area contributed by atoms with E-state index in [4.69, 9.17) is 5.26 Å². The Morgan fingerprint density at radius 2 is 1.90 bits per heavy atom. The Morgan fingerprint density at radius 3 is 2.38 bits per heavy atom. The topological polar surface area (TPSA) is 59.2 Å². The molecule has 3 nitrogen and oxygen atoms in total. The number of nitrogens with zero attached hydrogens (tertiary/aromatic N) is 2. The van der Waals surface area contributed by atoms with Crippen molar-refractivity contribution in [3.63, 3.8) is 0 Å². The summed E-state index contributed by atoms with van der Waals surface area (Å²) in [6.07, 6.45) is 0. The first-order valence-corrected chi connectivity index (χ1v) is 7.17. The predicted octanol–water partition coefficient (Wildman–Crippen LogP) is 3.71. The molecular formula is C14H15F3N2OS. The molecule has 0 saturated heterocycles. The molecule has 0 radical (unpaired) electrons. The lowest BCUT2D eigenvalue weighted by molar-refractivity contribution is 0.0571. The summed E-state index contributed by atoms with van der Waals surface area (Å²) in [4.78, 5) is 0. The summed E-state index contributed by atoms with van der Waals surface area (Å²) < 4.78 is 55.9. The molecule has 1 aromatic rings. The molecule has 0 aromatic heterocycles. The van der Waals surface area contributed by atoms with Crippen LogP contribution < -0.4 is 0 Å². The molecule has 0 aliphatic heterocycles. The molecule has 1 atom stereocenters. The van der Waals surface area contributed by atoms with Gasteiger partial charge in [0.2, 0.25) is 0 Å². The van der Waals surface area contributed by atoms with Crippen LogP contribution in [0.5, 0.6) is 0 Å². The first kappa shape index (κ1) is 17.5. The van der Waals surface area contributed by atoms with Crippen molar-refractivity contribution in [2.75, 3.05) is 0 Å². The van der Waals surface area contributed by atoms with Crippen LogP contribution >= 0.6 is 0 Å². The minimum atomic E-state index is -3.93. The molecule has 7 heteroatoms. The second-order valence-electron chi connectivity index (χ2n) is 5.39. The summed E-state index contributed by atoms with van der Waals surface area (Å²) >= 11 is -1.64. The van der Waals surface area contributed by atoms with E-state index in [2.05, 4.69) is 4.40 Å². The first-order valence-electron chi connectivity index (χ1n) is 6.06. The van der Waals surface area contributed by atoms with Crippen LogP contribution in [0.1, 0.15) is 38.8 Å². The zero-order valence-corrected chi connectivity index (χ0v) is 12.9. The number of hydrogen-bond acceptors (Lipinski definition) is 3. The van der Waals surface area contributed by atoms with Crippen molar-refractivity contribution in [3.05, 3.63) is 35.1 Å². The van der Waals surface area contributed by atoms with Crippen LogP contribution in [0.3, 0.4) is 0 Å². The van der Waals surface area contributed by atoms with E-state index in [-0.39, 0.29) is 11.3 Å². The van der Waals surface area contributed by atoms with Gasteiger partial charge in [0.15, 0.2) is 0 Å². The van der Waals surface area contributed by atoms with Crippen molar-refractivity contribution in [3.8, 4) is 6.07 Å². The summed E-state index contributed by atoms with van der Waals surface area (Å²) in [6.45, 7) is 6.46. The van der Waals surface area contributed by atoms with Crippen LogP contribution in [-0.4, -0.2) is 15.0 Å². The van der Waals surface area contributed by atoms with Gasteiger partial charge in [-0.1, -0.05) is 16.5 Å². The van der Waals surface area contributed by atoms with Gasteiger partial charge in [0.1, 0.15) is 28.0 Å². The van der Waals surface area contributed by atoms with Gasteiger partial charge in [-0.2, -0.15) is 14.0 Å². The van der Waals surface area contributed by atoms with E-state index in [1.165, 1.54) is 19.1 Å². The van der Waals surface area contributed by atoms with Gasteiger partial charge in [-0.15, -0.1) is 0 Å². The van der Waals surface area contributed by atoms with Gasteiger partial charge in [0.25, 0.3) is 0 Å². The first-order chi connectivity index (χ1) is 9.50. The molecule has 0 bridgehead atoms. The highest BCUT2D eigenvalue weighted by Crippen LogP contribution is 2.31. The average Bonchev–Trinajstić information content (AvgIpc) is 2.37. The van der Waals surface area contributed by atoms with Crippen molar-refractivity contribution >= 4 is 17.1 Å². The van der Waals surface area contributed by atoms with E-state index in [0.717, 1.165) is 12.1 Å². The second-order valence-corrected chi connectivity index (χ2v) is 7.30. The number of benzene rings is 1. The maximum Gasteiger partial charge on any atom is 0.360 e. The van der Waals surface area contributed by atoms with Gasteiger partial charge < -0.3 is 4.55 Å². The van der Waals surface area contributed by atoms with E-state index in [1.807, 2.05) is 0 Å². The number of alkyl halides is 2. The molecular weight excluding hydrogens is 301 g/mol. The second kappa shape index (κ2) is 6.08. The highest BCUT2D eigenvalue weighted by molar-refractivity contribution is 7.91. The van der Waals surface area contributed by atoms with E-state index in [0.29, 0.717) is 0 Å². The minimum Gasteiger partial charge on any atom is -0.591 e. The summed E-state index contributed by atoms with van der Waals surface area (Å²) in [7, 11) is 0. The van der Waals surface area contributed by atoms with Gasteiger partial charge >= 0.3 is 5.92 Å². The van der Waals surface area contributed by atoms with E-state index in [1.54, 1.807) is 20.8 Å². The Hall–Kier alpha value is -1.52. The Bertz CT molecular complexity index is 603. The highest BCUT2D eigenvalue weighted by atomic mass is 32.2. The third-order valence-corrected chi connectivity index (χ3v) is 4.10. The smallest absolute Gasteiger partial charge is 0.360 e. The Labute approximate surface area is 124 Å². The maximum absolute atomic E-state index is 14.1. The fourth-order valence-corrected chi connectivity index (χ4v) is 2.05. The van der Waals surface area contributed by atoms with Crippen molar-refractivity contribution in [2.45, 2.75) is 38.4 Å². The molecule has 0 N–H and O–H groups in total. The van der Waals surface area contributed by atoms with Crippen molar-refractivity contribution in [1.29, 1.82) is 5.26 Å². The lowest BCUT2D eigenvalue weighted by Gasteiger charge is -2.19. The Kier molecular flexibility index (Phi) is 5.07. The summed E-state index contributed by atoms with van der Waals surface area (Å²) in [5.41, 5.74) is -1.17. The van der Waals surface area contributed by atoms with E-state index >= 15 is 0 Å². The van der Waals surface area contributed by atoms with Crippen LogP contribution in [-0.2, 0) is 17.3 Å². The third-order valence-electron chi connectivity index (χ3n) is 2.61. The van der Waals surface area contributed by atoms with Crippen molar-refractivity contribution in [2.24, 2.45) is 4.40 Å². The molecule has 1 aromatic carbocycles. The monoisotopic (exact) mass is 316 g/mol. The largest absolute Gasteiger partial charge is 0.591 e. The van der Waals surface area contributed by atoms with Gasteiger partial charge in [0.05, 0.1) is 11.3 Å². The summed E-state index contributed by atoms with van der Waals surface area (Å²) in [5, 5.41) is 8.41. The quantitative estimate of drug-likeness (QED) is 0.630. The molecule has 0 spiro atoms. The molecule has 1 rings (SSSR count). The molecule has 0 heterocycles. The fraction of sp³-hybridized carbons (Fsp3) is 0.429. The van der Waals surface area contributed by atoms with Crippen LogP contribution in [0, 0.1) is 17.1 Å². The van der Waals surface area contributed by atoms with Crippen LogP contribution in [0.15, 0.2) is 22.6 Å². The van der Waals surface area contributed by atoms with E-state index < -0.39 is 33.4 Å².